The van der Waals surface area contributed by atoms with Gasteiger partial charge in [-0.1, -0.05) is 53.5 Å². The van der Waals surface area contributed by atoms with Crippen LogP contribution in [0.4, 0.5) is 0 Å². The van der Waals surface area contributed by atoms with Crippen molar-refractivity contribution in [2.75, 3.05) is 6.54 Å². The molecule has 94 valence electrons. The molecule has 0 spiro atoms. The summed E-state index contributed by atoms with van der Waals surface area (Å²) in [7, 11) is 0. The van der Waals surface area contributed by atoms with Crippen molar-refractivity contribution in [3.63, 3.8) is 0 Å². The van der Waals surface area contributed by atoms with Crippen LogP contribution in [0.5, 0.6) is 0 Å². The van der Waals surface area contributed by atoms with E-state index in [9.17, 15) is 4.79 Å². The standard InChI is InChI=1S/C13H11Cl2NOS/c14-11-8-10(12(15)18-11)13(17)16-7-6-9-4-2-1-3-5-9/h1-5,8H,6-7H2,(H,16,17). The first-order chi connectivity index (χ1) is 8.66. The van der Waals surface area contributed by atoms with Crippen LogP contribution in [0.25, 0.3) is 0 Å². The Bertz CT molecular complexity index is 539. The lowest BCUT2D eigenvalue weighted by Gasteiger charge is -2.04. The summed E-state index contributed by atoms with van der Waals surface area (Å²) in [5.41, 5.74) is 1.63. The topological polar surface area (TPSA) is 29.1 Å². The van der Waals surface area contributed by atoms with Gasteiger partial charge in [0.15, 0.2) is 0 Å². The lowest BCUT2D eigenvalue weighted by molar-refractivity contribution is 0.0955. The number of thiophene rings is 1. The van der Waals surface area contributed by atoms with E-state index in [2.05, 4.69) is 5.32 Å². The number of carbonyl (C=O) groups is 1. The van der Waals surface area contributed by atoms with Crippen molar-refractivity contribution in [2.45, 2.75) is 6.42 Å². The Balaban J connectivity index is 1.87. The van der Waals surface area contributed by atoms with Crippen molar-refractivity contribution in [3.8, 4) is 0 Å². The van der Waals surface area contributed by atoms with Gasteiger partial charge in [-0.25, -0.2) is 0 Å². The Morgan fingerprint density at radius 1 is 1.22 bits per heavy atom. The van der Waals surface area contributed by atoms with E-state index in [-0.39, 0.29) is 5.91 Å². The zero-order valence-corrected chi connectivity index (χ0v) is 11.8. The minimum absolute atomic E-state index is 0.181. The summed E-state index contributed by atoms with van der Waals surface area (Å²) in [5, 5.41) is 2.83. The summed E-state index contributed by atoms with van der Waals surface area (Å²) in [6, 6.07) is 11.6. The summed E-state index contributed by atoms with van der Waals surface area (Å²) in [6.07, 6.45) is 0.794. The van der Waals surface area contributed by atoms with Crippen LogP contribution in [-0.4, -0.2) is 12.5 Å². The van der Waals surface area contributed by atoms with Gasteiger partial charge < -0.3 is 5.32 Å². The molecule has 1 heterocycles. The lowest BCUT2D eigenvalue weighted by Crippen LogP contribution is -2.25. The second-order valence-electron chi connectivity index (χ2n) is 3.73. The molecule has 2 rings (SSSR count). The van der Waals surface area contributed by atoms with Crippen molar-refractivity contribution in [2.24, 2.45) is 0 Å². The Hall–Kier alpha value is -1.03. The van der Waals surface area contributed by atoms with Crippen LogP contribution in [-0.2, 0) is 6.42 Å². The summed E-state index contributed by atoms with van der Waals surface area (Å²) < 4.78 is 0.949. The van der Waals surface area contributed by atoms with E-state index in [1.165, 1.54) is 16.9 Å². The lowest BCUT2D eigenvalue weighted by atomic mass is 10.1. The Kier molecular flexibility index (Phi) is 4.64. The molecular formula is C13H11Cl2NOS. The molecule has 1 N–H and O–H groups in total. The van der Waals surface area contributed by atoms with E-state index in [0.717, 1.165) is 6.42 Å². The van der Waals surface area contributed by atoms with Crippen molar-refractivity contribution in [3.05, 3.63) is 56.2 Å². The maximum atomic E-state index is 11.8. The van der Waals surface area contributed by atoms with E-state index in [4.69, 9.17) is 23.2 Å². The number of hydrogen-bond acceptors (Lipinski definition) is 2. The highest BCUT2D eigenvalue weighted by atomic mass is 35.5. The molecule has 0 unspecified atom stereocenters. The molecule has 5 heteroatoms. The second-order valence-corrected chi connectivity index (χ2v) is 6.01. The molecule has 0 aliphatic heterocycles. The van der Waals surface area contributed by atoms with Gasteiger partial charge >= 0.3 is 0 Å². The van der Waals surface area contributed by atoms with Crippen LogP contribution in [0.1, 0.15) is 15.9 Å². The number of amides is 1. The van der Waals surface area contributed by atoms with Gasteiger partial charge in [0, 0.05) is 6.54 Å². The third-order valence-corrected chi connectivity index (χ3v) is 3.93. The third kappa shape index (κ3) is 3.48. The van der Waals surface area contributed by atoms with Crippen LogP contribution in [0.15, 0.2) is 36.4 Å². The first-order valence-corrected chi connectivity index (χ1v) is 7.01. The fraction of sp³-hybridized carbons (Fsp3) is 0.154. The van der Waals surface area contributed by atoms with Gasteiger partial charge in [0.2, 0.25) is 0 Å². The molecule has 0 bridgehead atoms. The zero-order valence-electron chi connectivity index (χ0n) is 9.45. The van der Waals surface area contributed by atoms with Gasteiger partial charge in [0.1, 0.15) is 4.34 Å². The first kappa shape index (κ1) is 13.4. The average molecular weight is 300 g/mol. The van der Waals surface area contributed by atoms with Gasteiger partial charge in [-0.05, 0) is 18.1 Å². The number of halogens is 2. The van der Waals surface area contributed by atoms with Crippen LogP contribution in [0.2, 0.25) is 8.67 Å². The summed E-state index contributed by atoms with van der Waals surface area (Å²) in [5.74, 6) is -0.181. The SMILES string of the molecule is O=C(NCCc1ccccc1)c1cc(Cl)sc1Cl. The zero-order chi connectivity index (χ0) is 13.0. The largest absolute Gasteiger partial charge is 0.352 e. The minimum atomic E-state index is -0.181. The van der Waals surface area contributed by atoms with E-state index in [1.807, 2.05) is 30.3 Å². The number of rotatable bonds is 4. The minimum Gasteiger partial charge on any atom is -0.352 e. The Labute approximate surface area is 120 Å². The fourth-order valence-corrected chi connectivity index (χ4v) is 3.01. The molecule has 0 aliphatic carbocycles. The molecule has 0 saturated heterocycles. The highest BCUT2D eigenvalue weighted by Crippen LogP contribution is 2.30. The van der Waals surface area contributed by atoms with Crippen LogP contribution >= 0.6 is 34.5 Å². The second kappa shape index (κ2) is 6.23. The number of hydrogen-bond donors (Lipinski definition) is 1. The highest BCUT2D eigenvalue weighted by molar-refractivity contribution is 7.20. The number of benzene rings is 1. The predicted octanol–water partition coefficient (Wildman–Crippen LogP) is 4.03. The van der Waals surface area contributed by atoms with Crippen molar-refractivity contribution >= 4 is 40.4 Å². The van der Waals surface area contributed by atoms with Crippen molar-refractivity contribution < 1.29 is 4.79 Å². The maximum Gasteiger partial charge on any atom is 0.253 e. The van der Waals surface area contributed by atoms with Gasteiger partial charge in [-0.3, -0.25) is 4.79 Å². The maximum absolute atomic E-state index is 11.8. The normalized spacial score (nSPS) is 10.3. The summed E-state index contributed by atoms with van der Waals surface area (Å²) in [6.45, 7) is 0.576. The molecule has 1 amide bonds. The smallest absolute Gasteiger partial charge is 0.253 e. The summed E-state index contributed by atoms with van der Waals surface area (Å²) >= 11 is 12.9. The van der Waals surface area contributed by atoms with E-state index in [0.29, 0.717) is 20.8 Å². The summed E-state index contributed by atoms with van der Waals surface area (Å²) in [4.78, 5) is 11.8. The third-order valence-electron chi connectivity index (χ3n) is 2.44. The molecule has 1 aromatic heterocycles. The molecule has 2 aromatic rings. The Morgan fingerprint density at radius 3 is 2.56 bits per heavy atom. The van der Waals surface area contributed by atoms with E-state index < -0.39 is 0 Å². The fourth-order valence-electron chi connectivity index (χ4n) is 1.56. The monoisotopic (exact) mass is 299 g/mol. The molecule has 0 aliphatic rings. The van der Waals surface area contributed by atoms with E-state index >= 15 is 0 Å². The molecule has 18 heavy (non-hydrogen) atoms. The molecule has 0 atom stereocenters. The highest BCUT2D eigenvalue weighted by Gasteiger charge is 2.13. The van der Waals surface area contributed by atoms with Crippen LogP contribution < -0.4 is 5.32 Å². The predicted molar refractivity (Wildman–Crippen MR) is 76.8 cm³/mol. The van der Waals surface area contributed by atoms with Gasteiger partial charge in [-0.2, -0.15) is 0 Å². The van der Waals surface area contributed by atoms with E-state index in [1.54, 1.807) is 6.07 Å². The number of carbonyl (C=O) groups excluding carboxylic acids is 1. The molecule has 2 nitrogen and oxygen atoms in total. The van der Waals surface area contributed by atoms with Crippen molar-refractivity contribution in [1.29, 1.82) is 0 Å². The average Bonchev–Trinajstić information content (AvgIpc) is 2.70. The molecule has 0 saturated carbocycles. The van der Waals surface area contributed by atoms with Crippen LogP contribution in [0.3, 0.4) is 0 Å². The molecular weight excluding hydrogens is 289 g/mol. The molecule has 1 aromatic carbocycles. The quantitative estimate of drug-likeness (QED) is 0.907. The molecule has 0 fully saturated rings. The van der Waals surface area contributed by atoms with Gasteiger partial charge in [-0.15, -0.1) is 11.3 Å². The van der Waals surface area contributed by atoms with Gasteiger partial charge in [0.25, 0.3) is 5.91 Å². The first-order valence-electron chi connectivity index (χ1n) is 5.44. The van der Waals surface area contributed by atoms with Crippen LogP contribution in [0, 0.1) is 0 Å². The Morgan fingerprint density at radius 2 is 1.94 bits per heavy atom. The van der Waals surface area contributed by atoms with Gasteiger partial charge in [0.05, 0.1) is 9.90 Å². The number of nitrogens with one attached hydrogen (secondary N) is 1. The van der Waals surface area contributed by atoms with Crippen molar-refractivity contribution in [1.82, 2.24) is 5.32 Å². The molecule has 0 radical (unpaired) electrons.